The normalized spacial score (nSPS) is 10.3. The average Bonchev–Trinajstić information content (AvgIpc) is 2.75. The van der Waals surface area contributed by atoms with Crippen LogP contribution >= 0.6 is 0 Å². The van der Waals surface area contributed by atoms with Gasteiger partial charge >= 0.3 is 5.97 Å². The van der Waals surface area contributed by atoms with E-state index in [-0.39, 0.29) is 18.9 Å². The standard InChI is InChI=1S/C12H19N3O3/c1-3-14(4-2)11(16)9-15-8-10(7-13-15)5-6-12(17)18/h7-8H,3-6,9H2,1-2H3,(H,17,18). The summed E-state index contributed by atoms with van der Waals surface area (Å²) in [4.78, 5) is 24.0. The summed E-state index contributed by atoms with van der Waals surface area (Å²) in [5.74, 6) is -0.810. The highest BCUT2D eigenvalue weighted by Gasteiger charge is 2.11. The molecular weight excluding hydrogens is 234 g/mol. The first-order chi connectivity index (χ1) is 8.56. The van der Waals surface area contributed by atoms with E-state index in [9.17, 15) is 9.59 Å². The van der Waals surface area contributed by atoms with Crippen molar-refractivity contribution in [1.82, 2.24) is 14.7 Å². The molecule has 1 rings (SSSR count). The first-order valence-corrected chi connectivity index (χ1v) is 6.07. The Balaban J connectivity index is 2.53. The molecule has 0 aliphatic heterocycles. The van der Waals surface area contributed by atoms with Gasteiger partial charge in [-0.3, -0.25) is 14.3 Å². The Morgan fingerprint density at radius 1 is 1.39 bits per heavy atom. The van der Waals surface area contributed by atoms with Crippen molar-refractivity contribution in [3.05, 3.63) is 18.0 Å². The molecule has 6 nitrogen and oxygen atoms in total. The Kier molecular flexibility index (Phi) is 5.35. The largest absolute Gasteiger partial charge is 0.481 e. The molecule has 0 atom stereocenters. The van der Waals surface area contributed by atoms with E-state index in [0.717, 1.165) is 5.56 Å². The molecule has 0 saturated carbocycles. The number of hydrogen-bond donors (Lipinski definition) is 1. The van der Waals surface area contributed by atoms with Crippen molar-refractivity contribution in [1.29, 1.82) is 0 Å². The lowest BCUT2D eigenvalue weighted by Gasteiger charge is -2.18. The third kappa shape index (κ3) is 4.20. The van der Waals surface area contributed by atoms with E-state index in [2.05, 4.69) is 5.10 Å². The summed E-state index contributed by atoms with van der Waals surface area (Å²) in [7, 11) is 0. The van der Waals surface area contributed by atoms with Crippen LogP contribution in [0.4, 0.5) is 0 Å². The predicted octanol–water partition coefficient (Wildman–Crippen LogP) is 0.769. The van der Waals surface area contributed by atoms with Crippen LogP contribution in [0.1, 0.15) is 25.8 Å². The first kappa shape index (κ1) is 14.2. The molecule has 1 N–H and O–H groups in total. The summed E-state index contributed by atoms with van der Waals surface area (Å²) in [6.45, 7) is 5.44. The summed E-state index contributed by atoms with van der Waals surface area (Å²) in [6, 6.07) is 0. The molecule has 0 aliphatic carbocycles. The number of aromatic nitrogens is 2. The van der Waals surface area contributed by atoms with Crippen molar-refractivity contribution in [2.75, 3.05) is 13.1 Å². The summed E-state index contributed by atoms with van der Waals surface area (Å²) >= 11 is 0. The highest BCUT2D eigenvalue weighted by molar-refractivity contribution is 5.75. The molecule has 0 fully saturated rings. The SMILES string of the molecule is CCN(CC)C(=O)Cn1cc(CCC(=O)O)cn1. The fraction of sp³-hybridized carbons (Fsp3) is 0.583. The molecule has 0 aliphatic rings. The Morgan fingerprint density at radius 3 is 2.61 bits per heavy atom. The second-order valence-electron chi connectivity index (χ2n) is 4.01. The molecule has 0 saturated heterocycles. The van der Waals surface area contributed by atoms with E-state index >= 15 is 0 Å². The second kappa shape index (κ2) is 6.78. The van der Waals surface area contributed by atoms with Crippen LogP contribution in [0.25, 0.3) is 0 Å². The summed E-state index contributed by atoms with van der Waals surface area (Å²) < 4.78 is 1.55. The van der Waals surface area contributed by atoms with Gasteiger partial charge in [-0.05, 0) is 25.8 Å². The van der Waals surface area contributed by atoms with Crippen LogP contribution in [0, 0.1) is 0 Å². The minimum absolute atomic E-state index is 0.0212. The molecule has 0 spiro atoms. The van der Waals surface area contributed by atoms with Gasteiger partial charge in [0.05, 0.1) is 6.20 Å². The van der Waals surface area contributed by atoms with Crippen LogP contribution in [0.2, 0.25) is 0 Å². The van der Waals surface area contributed by atoms with E-state index < -0.39 is 5.97 Å². The molecule has 0 bridgehead atoms. The maximum Gasteiger partial charge on any atom is 0.303 e. The van der Waals surface area contributed by atoms with Crippen LogP contribution < -0.4 is 0 Å². The van der Waals surface area contributed by atoms with Gasteiger partial charge in [0.15, 0.2) is 0 Å². The Bertz CT molecular complexity index is 410. The Hall–Kier alpha value is -1.85. The summed E-state index contributed by atoms with van der Waals surface area (Å²) in [6.07, 6.45) is 3.85. The van der Waals surface area contributed by atoms with Crippen LogP contribution in [0.5, 0.6) is 0 Å². The average molecular weight is 253 g/mol. The third-order valence-electron chi connectivity index (χ3n) is 2.73. The molecule has 1 aromatic heterocycles. The highest BCUT2D eigenvalue weighted by atomic mass is 16.4. The van der Waals surface area contributed by atoms with Crippen molar-refractivity contribution >= 4 is 11.9 Å². The van der Waals surface area contributed by atoms with Crippen molar-refractivity contribution < 1.29 is 14.7 Å². The van der Waals surface area contributed by atoms with Gasteiger partial charge < -0.3 is 10.0 Å². The van der Waals surface area contributed by atoms with E-state index in [1.165, 1.54) is 0 Å². The number of aryl methyl sites for hydroxylation is 1. The van der Waals surface area contributed by atoms with E-state index in [0.29, 0.717) is 19.5 Å². The number of carboxylic acids is 1. The smallest absolute Gasteiger partial charge is 0.303 e. The number of carbonyl (C=O) groups is 2. The topological polar surface area (TPSA) is 75.4 Å². The van der Waals surface area contributed by atoms with Crippen LogP contribution in [-0.4, -0.2) is 44.8 Å². The molecule has 0 aromatic carbocycles. The summed E-state index contributed by atoms with van der Waals surface area (Å²) in [5.41, 5.74) is 0.838. The Labute approximate surface area is 106 Å². The molecule has 0 radical (unpaired) electrons. The minimum Gasteiger partial charge on any atom is -0.481 e. The zero-order valence-electron chi connectivity index (χ0n) is 10.8. The lowest BCUT2D eigenvalue weighted by Crippen LogP contribution is -2.33. The number of carbonyl (C=O) groups excluding carboxylic acids is 1. The number of nitrogens with zero attached hydrogens (tertiary/aromatic N) is 3. The predicted molar refractivity (Wildman–Crippen MR) is 66.1 cm³/mol. The number of rotatable bonds is 7. The zero-order valence-corrected chi connectivity index (χ0v) is 10.8. The maximum atomic E-state index is 11.8. The van der Waals surface area contributed by atoms with Crippen LogP contribution in [0.15, 0.2) is 12.4 Å². The number of hydrogen-bond acceptors (Lipinski definition) is 3. The van der Waals surface area contributed by atoms with Crippen molar-refractivity contribution in [3.8, 4) is 0 Å². The lowest BCUT2D eigenvalue weighted by molar-refractivity contribution is -0.137. The molecule has 1 heterocycles. The fourth-order valence-corrected chi connectivity index (χ4v) is 1.69. The number of aliphatic carboxylic acids is 1. The molecule has 6 heteroatoms. The van der Waals surface area contributed by atoms with Gasteiger partial charge in [0.1, 0.15) is 6.54 Å². The van der Waals surface area contributed by atoms with Crippen LogP contribution in [0.3, 0.4) is 0 Å². The van der Waals surface area contributed by atoms with E-state index in [1.54, 1.807) is 22.0 Å². The quantitative estimate of drug-likeness (QED) is 0.778. The lowest BCUT2D eigenvalue weighted by atomic mass is 10.2. The summed E-state index contributed by atoms with van der Waals surface area (Å²) in [5, 5.41) is 12.6. The van der Waals surface area contributed by atoms with Gasteiger partial charge in [0.25, 0.3) is 0 Å². The number of carboxylic acid groups (broad SMARTS) is 1. The number of likely N-dealkylation sites (N-methyl/N-ethyl adjacent to an activating group) is 1. The van der Waals surface area contributed by atoms with Crippen molar-refractivity contribution in [2.45, 2.75) is 33.2 Å². The third-order valence-corrected chi connectivity index (χ3v) is 2.73. The number of amides is 1. The van der Waals surface area contributed by atoms with Gasteiger partial charge in [0.2, 0.25) is 5.91 Å². The minimum atomic E-state index is -0.832. The monoisotopic (exact) mass is 253 g/mol. The molecular formula is C12H19N3O3. The molecule has 1 amide bonds. The highest BCUT2D eigenvalue weighted by Crippen LogP contribution is 2.03. The first-order valence-electron chi connectivity index (χ1n) is 6.07. The Morgan fingerprint density at radius 2 is 2.06 bits per heavy atom. The van der Waals surface area contributed by atoms with E-state index in [4.69, 9.17) is 5.11 Å². The molecule has 1 aromatic rings. The van der Waals surface area contributed by atoms with Gasteiger partial charge in [0, 0.05) is 25.7 Å². The molecule has 0 unspecified atom stereocenters. The van der Waals surface area contributed by atoms with Crippen molar-refractivity contribution in [2.24, 2.45) is 0 Å². The zero-order chi connectivity index (χ0) is 13.5. The maximum absolute atomic E-state index is 11.8. The van der Waals surface area contributed by atoms with E-state index in [1.807, 2.05) is 13.8 Å². The van der Waals surface area contributed by atoms with Gasteiger partial charge in [-0.2, -0.15) is 5.10 Å². The van der Waals surface area contributed by atoms with Gasteiger partial charge in [-0.1, -0.05) is 0 Å². The van der Waals surface area contributed by atoms with Crippen LogP contribution in [-0.2, 0) is 22.6 Å². The van der Waals surface area contributed by atoms with Crippen molar-refractivity contribution in [3.63, 3.8) is 0 Å². The molecule has 18 heavy (non-hydrogen) atoms. The molecule has 100 valence electrons. The second-order valence-corrected chi connectivity index (χ2v) is 4.01. The van der Waals surface area contributed by atoms with Gasteiger partial charge in [-0.25, -0.2) is 0 Å². The fourth-order valence-electron chi connectivity index (χ4n) is 1.69. The van der Waals surface area contributed by atoms with Gasteiger partial charge in [-0.15, -0.1) is 0 Å².